The highest BCUT2D eigenvalue weighted by molar-refractivity contribution is 5.96. The van der Waals surface area contributed by atoms with E-state index in [4.69, 9.17) is 4.74 Å². The second-order valence-corrected chi connectivity index (χ2v) is 2.76. The van der Waals surface area contributed by atoms with E-state index in [2.05, 4.69) is 4.74 Å². The van der Waals surface area contributed by atoms with Crippen LogP contribution in [0, 0.1) is 0 Å². The highest BCUT2D eigenvalue weighted by atomic mass is 16.6. The average Bonchev–Trinajstić information content (AvgIpc) is 2.27. The van der Waals surface area contributed by atoms with E-state index in [1.165, 1.54) is 0 Å². The van der Waals surface area contributed by atoms with Crippen LogP contribution >= 0.6 is 0 Å². The molecule has 0 aliphatic carbocycles. The molecule has 0 saturated heterocycles. The Morgan fingerprint density at radius 1 is 1.20 bits per heavy atom. The van der Waals surface area contributed by atoms with Crippen molar-refractivity contribution in [2.24, 2.45) is 0 Å². The molecule has 0 saturated carbocycles. The Morgan fingerprint density at radius 2 is 1.87 bits per heavy atom. The SMILES string of the molecule is CCOCC(=O)OC(=O)c1ccccc1. The van der Waals surface area contributed by atoms with Crippen molar-refractivity contribution in [3.8, 4) is 0 Å². The van der Waals surface area contributed by atoms with Gasteiger partial charge in [-0.25, -0.2) is 9.59 Å². The van der Waals surface area contributed by atoms with E-state index < -0.39 is 11.9 Å². The van der Waals surface area contributed by atoms with Gasteiger partial charge in [-0.15, -0.1) is 0 Å². The molecular weight excluding hydrogens is 196 g/mol. The molecule has 0 N–H and O–H groups in total. The Labute approximate surface area is 87.8 Å². The monoisotopic (exact) mass is 208 g/mol. The van der Waals surface area contributed by atoms with Gasteiger partial charge in [-0.1, -0.05) is 18.2 Å². The van der Waals surface area contributed by atoms with Gasteiger partial charge in [-0.2, -0.15) is 0 Å². The van der Waals surface area contributed by atoms with Crippen molar-refractivity contribution in [2.75, 3.05) is 13.2 Å². The number of ether oxygens (including phenoxy) is 2. The number of hydrogen-bond donors (Lipinski definition) is 0. The van der Waals surface area contributed by atoms with E-state index in [0.29, 0.717) is 12.2 Å². The van der Waals surface area contributed by atoms with Gasteiger partial charge in [0.25, 0.3) is 0 Å². The lowest BCUT2D eigenvalue weighted by Crippen LogP contribution is -2.17. The van der Waals surface area contributed by atoms with E-state index in [1.807, 2.05) is 0 Å². The van der Waals surface area contributed by atoms with Gasteiger partial charge in [0, 0.05) is 6.61 Å². The summed E-state index contributed by atoms with van der Waals surface area (Å²) >= 11 is 0. The first-order chi connectivity index (χ1) is 7.24. The normalized spacial score (nSPS) is 9.67. The molecule has 0 amide bonds. The number of rotatable bonds is 4. The van der Waals surface area contributed by atoms with Gasteiger partial charge in [-0.05, 0) is 19.1 Å². The zero-order chi connectivity index (χ0) is 11.1. The molecule has 0 atom stereocenters. The maximum Gasteiger partial charge on any atom is 0.345 e. The van der Waals surface area contributed by atoms with E-state index in [-0.39, 0.29) is 6.61 Å². The first-order valence-electron chi connectivity index (χ1n) is 4.62. The molecule has 4 heteroatoms. The van der Waals surface area contributed by atoms with Crippen molar-refractivity contribution in [1.29, 1.82) is 0 Å². The van der Waals surface area contributed by atoms with Crippen LogP contribution in [0.5, 0.6) is 0 Å². The highest BCUT2D eigenvalue weighted by Crippen LogP contribution is 2.01. The molecule has 0 radical (unpaired) electrons. The molecule has 0 aromatic heterocycles. The first-order valence-corrected chi connectivity index (χ1v) is 4.62. The summed E-state index contributed by atoms with van der Waals surface area (Å²) in [6, 6.07) is 8.33. The molecule has 15 heavy (non-hydrogen) atoms. The third kappa shape index (κ3) is 3.91. The molecule has 0 aliphatic heterocycles. The summed E-state index contributed by atoms with van der Waals surface area (Å²) in [4.78, 5) is 22.3. The predicted molar refractivity (Wildman–Crippen MR) is 53.4 cm³/mol. The standard InChI is InChI=1S/C11H12O4/c1-2-14-8-10(12)15-11(13)9-6-4-3-5-7-9/h3-7H,2,8H2,1H3. The number of carbonyl (C=O) groups is 2. The number of hydrogen-bond acceptors (Lipinski definition) is 4. The minimum atomic E-state index is -0.675. The van der Waals surface area contributed by atoms with Crippen LogP contribution < -0.4 is 0 Å². The summed E-state index contributed by atoms with van der Waals surface area (Å²) < 4.78 is 9.34. The predicted octanol–water partition coefficient (Wildman–Crippen LogP) is 1.41. The Hall–Kier alpha value is -1.68. The van der Waals surface area contributed by atoms with Crippen LogP contribution in [-0.2, 0) is 14.3 Å². The molecule has 0 heterocycles. The van der Waals surface area contributed by atoms with Gasteiger partial charge in [-0.3, -0.25) is 0 Å². The fraction of sp³-hybridized carbons (Fsp3) is 0.273. The maximum atomic E-state index is 11.3. The van der Waals surface area contributed by atoms with Crippen molar-refractivity contribution < 1.29 is 19.1 Å². The van der Waals surface area contributed by atoms with Crippen LogP contribution in [0.15, 0.2) is 30.3 Å². The summed E-state index contributed by atoms with van der Waals surface area (Å²) in [5, 5.41) is 0. The third-order valence-corrected chi connectivity index (χ3v) is 1.64. The summed E-state index contributed by atoms with van der Waals surface area (Å²) in [5.74, 6) is -1.33. The molecule has 0 fully saturated rings. The quantitative estimate of drug-likeness (QED) is 0.554. The van der Waals surface area contributed by atoms with Crippen LogP contribution in [0.25, 0.3) is 0 Å². The lowest BCUT2D eigenvalue weighted by atomic mass is 10.2. The second-order valence-electron chi connectivity index (χ2n) is 2.76. The van der Waals surface area contributed by atoms with Crippen molar-refractivity contribution in [1.82, 2.24) is 0 Å². The number of carbonyl (C=O) groups excluding carboxylic acids is 2. The van der Waals surface area contributed by atoms with Gasteiger partial charge < -0.3 is 9.47 Å². The van der Waals surface area contributed by atoms with Crippen molar-refractivity contribution >= 4 is 11.9 Å². The lowest BCUT2D eigenvalue weighted by Gasteiger charge is -2.02. The molecule has 1 rings (SSSR count). The molecule has 0 unspecified atom stereocenters. The zero-order valence-electron chi connectivity index (χ0n) is 8.43. The Balaban J connectivity index is 2.46. The fourth-order valence-electron chi connectivity index (χ4n) is 0.951. The molecule has 80 valence electrons. The van der Waals surface area contributed by atoms with Crippen molar-refractivity contribution in [3.63, 3.8) is 0 Å². The van der Waals surface area contributed by atoms with Crippen molar-refractivity contribution in [2.45, 2.75) is 6.92 Å². The maximum absolute atomic E-state index is 11.3. The Bertz CT molecular complexity index is 332. The van der Waals surface area contributed by atoms with Crippen LogP contribution in [0.1, 0.15) is 17.3 Å². The summed E-state index contributed by atoms with van der Waals surface area (Å²) in [6.45, 7) is 1.97. The zero-order valence-corrected chi connectivity index (χ0v) is 8.43. The van der Waals surface area contributed by atoms with Gasteiger partial charge in [0.2, 0.25) is 0 Å². The third-order valence-electron chi connectivity index (χ3n) is 1.64. The summed E-state index contributed by atoms with van der Waals surface area (Å²) in [7, 11) is 0. The van der Waals surface area contributed by atoms with Crippen LogP contribution in [0.3, 0.4) is 0 Å². The minimum absolute atomic E-state index is 0.199. The van der Waals surface area contributed by atoms with Gasteiger partial charge in [0.05, 0.1) is 5.56 Å². The molecular formula is C11H12O4. The summed E-state index contributed by atoms with van der Waals surface area (Å²) in [5.41, 5.74) is 0.349. The fourth-order valence-corrected chi connectivity index (χ4v) is 0.951. The molecule has 0 aliphatic rings. The molecule has 1 aromatic rings. The molecule has 0 spiro atoms. The first kappa shape index (κ1) is 11.4. The van der Waals surface area contributed by atoms with Gasteiger partial charge >= 0.3 is 11.9 Å². The van der Waals surface area contributed by atoms with Crippen LogP contribution in [0.2, 0.25) is 0 Å². The smallest absolute Gasteiger partial charge is 0.345 e. The largest absolute Gasteiger partial charge is 0.388 e. The number of benzene rings is 1. The molecule has 1 aromatic carbocycles. The van der Waals surface area contributed by atoms with Crippen LogP contribution in [0.4, 0.5) is 0 Å². The van der Waals surface area contributed by atoms with Crippen molar-refractivity contribution in [3.05, 3.63) is 35.9 Å². The van der Waals surface area contributed by atoms with Gasteiger partial charge in [0.15, 0.2) is 0 Å². The molecule has 0 bridgehead atoms. The minimum Gasteiger partial charge on any atom is -0.388 e. The number of esters is 2. The Kier molecular flexibility index (Phi) is 4.50. The molecule has 4 nitrogen and oxygen atoms in total. The van der Waals surface area contributed by atoms with E-state index in [9.17, 15) is 9.59 Å². The highest BCUT2D eigenvalue weighted by Gasteiger charge is 2.11. The van der Waals surface area contributed by atoms with E-state index >= 15 is 0 Å². The lowest BCUT2D eigenvalue weighted by molar-refractivity contribution is -0.142. The van der Waals surface area contributed by atoms with E-state index in [0.717, 1.165) is 0 Å². The van der Waals surface area contributed by atoms with E-state index in [1.54, 1.807) is 37.3 Å². The Morgan fingerprint density at radius 3 is 2.47 bits per heavy atom. The van der Waals surface area contributed by atoms with Crippen LogP contribution in [-0.4, -0.2) is 25.2 Å². The second kappa shape index (κ2) is 5.93. The summed E-state index contributed by atoms with van der Waals surface area (Å²) in [6.07, 6.45) is 0. The van der Waals surface area contributed by atoms with Gasteiger partial charge in [0.1, 0.15) is 6.61 Å². The average molecular weight is 208 g/mol. The topological polar surface area (TPSA) is 52.6 Å².